The number of hydrogen-bond acceptors (Lipinski definition) is 6. The number of anilines is 1. The van der Waals surface area contributed by atoms with E-state index in [-0.39, 0.29) is 24.7 Å². The van der Waals surface area contributed by atoms with E-state index in [1.807, 2.05) is 24.3 Å². The summed E-state index contributed by atoms with van der Waals surface area (Å²) in [4.78, 5) is 24.2. The van der Waals surface area contributed by atoms with Crippen LogP contribution >= 0.6 is 15.9 Å². The van der Waals surface area contributed by atoms with Gasteiger partial charge in [0.1, 0.15) is 12.4 Å². The molecule has 0 bridgehead atoms. The van der Waals surface area contributed by atoms with Crippen LogP contribution in [-0.4, -0.2) is 32.2 Å². The van der Waals surface area contributed by atoms with Gasteiger partial charge in [-0.3, -0.25) is 9.59 Å². The zero-order valence-corrected chi connectivity index (χ0v) is 21.0. The molecule has 0 aromatic heterocycles. The van der Waals surface area contributed by atoms with Crippen LogP contribution in [0.25, 0.3) is 0 Å². The summed E-state index contributed by atoms with van der Waals surface area (Å²) in [5.41, 5.74) is 4.72. The van der Waals surface area contributed by atoms with Crippen molar-refractivity contribution in [1.29, 1.82) is 0 Å². The molecule has 2 N–H and O–H groups in total. The van der Waals surface area contributed by atoms with E-state index in [1.54, 1.807) is 49.6 Å². The molecule has 0 aliphatic carbocycles. The van der Waals surface area contributed by atoms with E-state index < -0.39 is 0 Å². The molecule has 0 aliphatic rings. The minimum atomic E-state index is -0.377. The average Bonchev–Trinajstić information content (AvgIpc) is 2.87. The van der Waals surface area contributed by atoms with Crippen molar-refractivity contribution in [3.8, 4) is 17.2 Å². The smallest absolute Gasteiger partial charge is 0.240 e. The molecule has 0 saturated carbocycles. The SMILES string of the molecule is COc1ccccc1NC(=O)CCC(=O)NN=Cc1ccc(OCc2ccc(Br)cc2)c(OC)c1. The van der Waals surface area contributed by atoms with E-state index in [2.05, 4.69) is 31.8 Å². The maximum atomic E-state index is 12.1. The number of benzene rings is 3. The predicted molar refractivity (Wildman–Crippen MR) is 138 cm³/mol. The van der Waals surface area contributed by atoms with E-state index in [0.717, 1.165) is 10.0 Å². The number of carbonyl (C=O) groups excluding carboxylic acids is 2. The van der Waals surface area contributed by atoms with Gasteiger partial charge < -0.3 is 19.5 Å². The van der Waals surface area contributed by atoms with Gasteiger partial charge >= 0.3 is 0 Å². The van der Waals surface area contributed by atoms with Gasteiger partial charge in [-0.1, -0.05) is 40.2 Å². The lowest BCUT2D eigenvalue weighted by Crippen LogP contribution is -2.20. The number of hydrogen-bond donors (Lipinski definition) is 2. The van der Waals surface area contributed by atoms with Crippen LogP contribution < -0.4 is 25.0 Å². The molecule has 3 aromatic rings. The Kier molecular flexibility index (Phi) is 9.68. The van der Waals surface area contributed by atoms with Crippen LogP contribution in [0.3, 0.4) is 0 Å². The molecular weight excluding hydrogens is 514 g/mol. The van der Waals surface area contributed by atoms with Crippen molar-refractivity contribution in [1.82, 2.24) is 5.43 Å². The Labute approximate surface area is 212 Å². The second-order valence-corrected chi connectivity index (χ2v) is 8.28. The molecular formula is C26H26BrN3O5. The first kappa shape index (κ1) is 25.8. The summed E-state index contributed by atoms with van der Waals surface area (Å²) >= 11 is 3.41. The van der Waals surface area contributed by atoms with Gasteiger partial charge in [-0.05, 0) is 53.6 Å². The number of nitrogens with zero attached hydrogens (tertiary/aromatic N) is 1. The topological polar surface area (TPSA) is 98.2 Å². The summed E-state index contributed by atoms with van der Waals surface area (Å²) in [6, 6.07) is 20.3. The molecule has 0 radical (unpaired) electrons. The normalized spacial score (nSPS) is 10.6. The minimum Gasteiger partial charge on any atom is -0.495 e. The van der Waals surface area contributed by atoms with Gasteiger partial charge in [0.2, 0.25) is 11.8 Å². The highest BCUT2D eigenvalue weighted by Gasteiger charge is 2.10. The molecule has 0 fully saturated rings. The number of hydrazone groups is 1. The van der Waals surface area contributed by atoms with E-state index >= 15 is 0 Å². The Morgan fingerprint density at radius 2 is 1.60 bits per heavy atom. The van der Waals surface area contributed by atoms with Crippen LogP contribution in [0, 0.1) is 0 Å². The van der Waals surface area contributed by atoms with Crippen molar-refractivity contribution in [2.24, 2.45) is 5.10 Å². The molecule has 2 amide bonds. The average molecular weight is 540 g/mol. The second-order valence-electron chi connectivity index (χ2n) is 7.37. The Bertz CT molecular complexity index is 1180. The third-order valence-electron chi connectivity index (χ3n) is 4.86. The number of ether oxygens (including phenoxy) is 3. The van der Waals surface area contributed by atoms with Crippen LogP contribution in [0.15, 0.2) is 76.3 Å². The minimum absolute atomic E-state index is 0.00945. The Morgan fingerprint density at radius 1 is 0.886 bits per heavy atom. The first-order chi connectivity index (χ1) is 17.0. The van der Waals surface area contributed by atoms with Gasteiger partial charge in [-0.2, -0.15) is 5.10 Å². The first-order valence-electron chi connectivity index (χ1n) is 10.8. The first-order valence-corrected chi connectivity index (χ1v) is 11.6. The highest BCUT2D eigenvalue weighted by molar-refractivity contribution is 9.10. The molecule has 0 spiro atoms. The zero-order valence-electron chi connectivity index (χ0n) is 19.4. The number of methoxy groups -OCH3 is 2. The summed E-state index contributed by atoms with van der Waals surface area (Å²) in [5.74, 6) is 1.02. The molecule has 35 heavy (non-hydrogen) atoms. The molecule has 3 rings (SSSR count). The summed E-state index contributed by atoms with van der Waals surface area (Å²) in [7, 11) is 3.08. The lowest BCUT2D eigenvalue weighted by molar-refractivity contribution is -0.124. The van der Waals surface area contributed by atoms with Crippen LogP contribution in [0.5, 0.6) is 17.2 Å². The Balaban J connectivity index is 1.47. The Hall–Kier alpha value is -3.85. The fraction of sp³-hybridized carbons (Fsp3) is 0.192. The second kappa shape index (κ2) is 13.1. The fourth-order valence-electron chi connectivity index (χ4n) is 3.05. The fourth-order valence-corrected chi connectivity index (χ4v) is 3.31. The van der Waals surface area contributed by atoms with Crippen molar-refractivity contribution in [2.75, 3.05) is 19.5 Å². The van der Waals surface area contributed by atoms with Crippen molar-refractivity contribution < 1.29 is 23.8 Å². The molecule has 0 atom stereocenters. The van der Waals surface area contributed by atoms with E-state index in [4.69, 9.17) is 14.2 Å². The molecule has 182 valence electrons. The monoisotopic (exact) mass is 539 g/mol. The van der Waals surface area contributed by atoms with Gasteiger partial charge in [0.05, 0.1) is 26.1 Å². The third kappa shape index (κ3) is 8.15. The molecule has 0 saturated heterocycles. The molecule has 8 nitrogen and oxygen atoms in total. The van der Waals surface area contributed by atoms with Crippen molar-refractivity contribution in [2.45, 2.75) is 19.4 Å². The maximum Gasteiger partial charge on any atom is 0.240 e. The van der Waals surface area contributed by atoms with Crippen LogP contribution in [-0.2, 0) is 16.2 Å². The van der Waals surface area contributed by atoms with E-state index in [9.17, 15) is 9.59 Å². The van der Waals surface area contributed by atoms with Crippen molar-refractivity contribution in [3.63, 3.8) is 0 Å². The molecule has 0 heterocycles. The number of rotatable bonds is 11. The van der Waals surface area contributed by atoms with Crippen molar-refractivity contribution in [3.05, 3.63) is 82.3 Å². The van der Waals surface area contributed by atoms with Gasteiger partial charge in [0.15, 0.2) is 11.5 Å². The lowest BCUT2D eigenvalue weighted by Gasteiger charge is -2.11. The number of amides is 2. The Morgan fingerprint density at radius 3 is 2.34 bits per heavy atom. The van der Waals surface area contributed by atoms with Gasteiger partial charge in [0, 0.05) is 17.3 Å². The van der Waals surface area contributed by atoms with E-state index in [0.29, 0.717) is 35.1 Å². The van der Waals surface area contributed by atoms with E-state index in [1.165, 1.54) is 13.3 Å². The largest absolute Gasteiger partial charge is 0.495 e. The summed E-state index contributed by atoms with van der Waals surface area (Å²) in [5, 5.41) is 6.69. The van der Waals surface area contributed by atoms with Gasteiger partial charge in [-0.25, -0.2) is 5.43 Å². The molecule has 0 unspecified atom stereocenters. The van der Waals surface area contributed by atoms with Gasteiger partial charge in [0.25, 0.3) is 0 Å². The number of nitrogens with one attached hydrogen (secondary N) is 2. The van der Waals surface area contributed by atoms with Gasteiger partial charge in [-0.15, -0.1) is 0 Å². The van der Waals surface area contributed by atoms with Crippen molar-refractivity contribution >= 4 is 39.6 Å². The highest BCUT2D eigenvalue weighted by Crippen LogP contribution is 2.28. The third-order valence-corrected chi connectivity index (χ3v) is 5.39. The summed E-state index contributed by atoms with van der Waals surface area (Å²) < 4.78 is 17.5. The molecule has 9 heteroatoms. The summed E-state index contributed by atoms with van der Waals surface area (Å²) in [6.45, 7) is 0.401. The standard InChI is InChI=1S/C26H26BrN3O5/c1-33-22-6-4-3-5-21(22)29-25(31)13-14-26(32)30-28-16-19-9-12-23(24(15-19)34-2)35-17-18-7-10-20(27)11-8-18/h3-12,15-16H,13-14,17H2,1-2H3,(H,29,31)(H,30,32). The highest BCUT2D eigenvalue weighted by atomic mass is 79.9. The number of para-hydroxylation sites is 2. The van der Waals surface area contributed by atoms with Crippen LogP contribution in [0.2, 0.25) is 0 Å². The van der Waals surface area contributed by atoms with Crippen LogP contribution in [0.1, 0.15) is 24.0 Å². The number of halogens is 1. The van der Waals surface area contributed by atoms with Crippen LogP contribution in [0.4, 0.5) is 5.69 Å². The zero-order chi connectivity index (χ0) is 25.0. The quantitative estimate of drug-likeness (QED) is 0.266. The predicted octanol–water partition coefficient (Wildman–Crippen LogP) is 4.91. The number of carbonyl (C=O) groups is 2. The molecule has 0 aliphatic heterocycles. The molecule has 3 aromatic carbocycles. The lowest BCUT2D eigenvalue weighted by atomic mass is 10.2. The maximum absolute atomic E-state index is 12.1. The summed E-state index contributed by atoms with van der Waals surface area (Å²) in [6.07, 6.45) is 1.50.